The van der Waals surface area contributed by atoms with E-state index in [9.17, 15) is 9.59 Å². The number of aromatic nitrogens is 2. The lowest BCUT2D eigenvalue weighted by Crippen LogP contribution is -2.29. The molecular weight excluding hydrogens is 328 g/mol. The number of amides is 1. The Hall–Kier alpha value is -3.17. The first kappa shape index (κ1) is 15.7. The van der Waals surface area contributed by atoms with Crippen molar-refractivity contribution in [1.29, 1.82) is 5.26 Å². The van der Waals surface area contributed by atoms with Gasteiger partial charge in [-0.1, -0.05) is 29.8 Å². The summed E-state index contributed by atoms with van der Waals surface area (Å²) in [7, 11) is 0. The average Bonchev–Trinajstić information content (AvgIpc) is 2.58. The molecule has 0 saturated heterocycles. The van der Waals surface area contributed by atoms with Crippen LogP contribution in [0.2, 0.25) is 5.02 Å². The number of fused-ring (bicyclic) bond motifs is 1. The molecule has 24 heavy (non-hydrogen) atoms. The summed E-state index contributed by atoms with van der Waals surface area (Å²) in [5.74, 6) is -0.416. The highest BCUT2D eigenvalue weighted by atomic mass is 35.5. The molecule has 3 aromatic rings. The van der Waals surface area contributed by atoms with Gasteiger partial charge in [0.05, 0.1) is 22.2 Å². The van der Waals surface area contributed by atoms with Gasteiger partial charge in [-0.05, 0) is 24.3 Å². The standard InChI is InChI=1S/C17H11ClN4O2/c18-15-7-13(6-5-11(15)8-19)21-16(23)10-22-17(24)14-4-2-1-3-12(14)9-20-22/h1-7,9H,10H2,(H,21,23). The Labute approximate surface area is 141 Å². The zero-order valence-corrected chi connectivity index (χ0v) is 13.1. The topological polar surface area (TPSA) is 87.8 Å². The van der Waals surface area contributed by atoms with Crippen molar-refractivity contribution >= 4 is 34.0 Å². The normalized spacial score (nSPS) is 10.3. The van der Waals surface area contributed by atoms with Gasteiger partial charge in [0.1, 0.15) is 12.6 Å². The van der Waals surface area contributed by atoms with E-state index < -0.39 is 5.91 Å². The van der Waals surface area contributed by atoms with Gasteiger partial charge in [0.2, 0.25) is 5.91 Å². The van der Waals surface area contributed by atoms with E-state index in [-0.39, 0.29) is 17.1 Å². The Morgan fingerprint density at radius 3 is 2.83 bits per heavy atom. The SMILES string of the molecule is N#Cc1ccc(NC(=O)Cn2ncc3ccccc3c2=O)cc1Cl. The monoisotopic (exact) mass is 338 g/mol. The number of nitrogens with zero attached hydrogens (tertiary/aromatic N) is 3. The zero-order chi connectivity index (χ0) is 17.1. The van der Waals surface area contributed by atoms with Gasteiger partial charge in [0, 0.05) is 11.1 Å². The summed E-state index contributed by atoms with van der Waals surface area (Å²) >= 11 is 5.92. The molecule has 0 aliphatic rings. The molecule has 0 atom stereocenters. The van der Waals surface area contributed by atoms with E-state index in [1.54, 1.807) is 30.5 Å². The number of rotatable bonds is 3. The fraction of sp³-hybridized carbons (Fsp3) is 0.0588. The number of benzene rings is 2. The third kappa shape index (κ3) is 3.12. The number of nitriles is 1. The van der Waals surface area contributed by atoms with Crippen molar-refractivity contribution in [3.8, 4) is 6.07 Å². The van der Waals surface area contributed by atoms with E-state index >= 15 is 0 Å². The average molecular weight is 339 g/mol. The quantitative estimate of drug-likeness (QED) is 0.795. The number of carbonyl (C=O) groups excluding carboxylic acids is 1. The summed E-state index contributed by atoms with van der Waals surface area (Å²) < 4.78 is 1.10. The van der Waals surface area contributed by atoms with Crippen LogP contribution in [0.5, 0.6) is 0 Å². The predicted octanol–water partition coefficient (Wildman–Crippen LogP) is 2.56. The molecule has 6 nitrogen and oxygen atoms in total. The number of hydrogen-bond acceptors (Lipinski definition) is 4. The third-order valence-corrected chi connectivity index (χ3v) is 3.74. The van der Waals surface area contributed by atoms with Crippen LogP contribution in [0.25, 0.3) is 10.8 Å². The summed E-state index contributed by atoms with van der Waals surface area (Å²) in [6, 6.07) is 13.5. The maximum absolute atomic E-state index is 12.3. The first-order valence-corrected chi connectivity index (χ1v) is 7.40. The smallest absolute Gasteiger partial charge is 0.275 e. The number of carbonyl (C=O) groups is 1. The maximum Gasteiger partial charge on any atom is 0.275 e. The molecule has 7 heteroatoms. The highest BCUT2D eigenvalue weighted by Crippen LogP contribution is 2.20. The Kier molecular flexibility index (Phi) is 4.27. The number of halogens is 1. The summed E-state index contributed by atoms with van der Waals surface area (Å²) in [5.41, 5.74) is 0.432. The van der Waals surface area contributed by atoms with Crippen LogP contribution >= 0.6 is 11.6 Å². The molecule has 0 bridgehead atoms. The van der Waals surface area contributed by atoms with E-state index in [1.807, 2.05) is 12.1 Å². The van der Waals surface area contributed by atoms with E-state index in [0.717, 1.165) is 10.1 Å². The highest BCUT2D eigenvalue weighted by Gasteiger charge is 2.09. The van der Waals surface area contributed by atoms with E-state index in [4.69, 9.17) is 16.9 Å². The number of nitrogens with one attached hydrogen (secondary N) is 1. The molecule has 0 spiro atoms. The fourth-order valence-electron chi connectivity index (χ4n) is 2.26. The molecule has 1 N–H and O–H groups in total. The zero-order valence-electron chi connectivity index (χ0n) is 12.4. The molecular formula is C17H11ClN4O2. The molecule has 0 aliphatic heterocycles. The van der Waals surface area contributed by atoms with Gasteiger partial charge >= 0.3 is 0 Å². The molecule has 118 valence electrons. The lowest BCUT2D eigenvalue weighted by atomic mass is 10.2. The van der Waals surface area contributed by atoms with Gasteiger partial charge in [0.15, 0.2) is 0 Å². The van der Waals surface area contributed by atoms with E-state index in [0.29, 0.717) is 16.6 Å². The Morgan fingerprint density at radius 1 is 1.29 bits per heavy atom. The van der Waals surface area contributed by atoms with E-state index in [1.165, 1.54) is 12.1 Å². The second-order valence-electron chi connectivity index (χ2n) is 5.05. The molecule has 0 unspecified atom stereocenters. The molecule has 3 rings (SSSR count). The largest absolute Gasteiger partial charge is 0.324 e. The van der Waals surface area contributed by atoms with Crippen LogP contribution in [-0.4, -0.2) is 15.7 Å². The van der Waals surface area contributed by atoms with Crippen LogP contribution in [0.1, 0.15) is 5.56 Å². The van der Waals surface area contributed by atoms with Gasteiger partial charge < -0.3 is 5.32 Å². The second kappa shape index (κ2) is 6.52. The predicted molar refractivity (Wildman–Crippen MR) is 90.8 cm³/mol. The van der Waals surface area contributed by atoms with Crippen molar-refractivity contribution < 1.29 is 4.79 Å². The van der Waals surface area contributed by atoms with Gasteiger partial charge in [-0.2, -0.15) is 10.4 Å². The minimum Gasteiger partial charge on any atom is -0.324 e. The molecule has 0 saturated carbocycles. The maximum atomic E-state index is 12.3. The van der Waals surface area contributed by atoms with Crippen LogP contribution in [-0.2, 0) is 11.3 Å². The van der Waals surface area contributed by atoms with Crippen LogP contribution in [0.3, 0.4) is 0 Å². The van der Waals surface area contributed by atoms with Crippen molar-refractivity contribution in [2.75, 3.05) is 5.32 Å². The van der Waals surface area contributed by atoms with Gasteiger partial charge in [-0.25, -0.2) is 4.68 Å². The van der Waals surface area contributed by atoms with Crippen molar-refractivity contribution in [3.63, 3.8) is 0 Å². The van der Waals surface area contributed by atoms with Gasteiger partial charge in [-0.3, -0.25) is 9.59 Å². The fourth-order valence-corrected chi connectivity index (χ4v) is 2.48. The molecule has 0 fully saturated rings. The highest BCUT2D eigenvalue weighted by molar-refractivity contribution is 6.32. The van der Waals surface area contributed by atoms with Gasteiger partial charge in [-0.15, -0.1) is 0 Å². The lowest BCUT2D eigenvalue weighted by Gasteiger charge is -2.08. The molecule has 0 aliphatic carbocycles. The lowest BCUT2D eigenvalue weighted by molar-refractivity contribution is -0.117. The first-order valence-electron chi connectivity index (χ1n) is 7.03. The van der Waals surface area contributed by atoms with Crippen molar-refractivity contribution in [1.82, 2.24) is 9.78 Å². The van der Waals surface area contributed by atoms with Crippen molar-refractivity contribution in [2.24, 2.45) is 0 Å². The molecule has 1 heterocycles. The molecule has 1 amide bonds. The summed E-state index contributed by atoms with van der Waals surface area (Å²) in [6.45, 7) is -0.221. The van der Waals surface area contributed by atoms with Crippen LogP contribution in [0.15, 0.2) is 53.5 Å². The summed E-state index contributed by atoms with van der Waals surface area (Å²) in [4.78, 5) is 24.4. The minimum absolute atomic E-state index is 0.221. The summed E-state index contributed by atoms with van der Waals surface area (Å²) in [6.07, 6.45) is 1.54. The molecule has 0 radical (unpaired) electrons. The van der Waals surface area contributed by atoms with Gasteiger partial charge in [0.25, 0.3) is 5.56 Å². The van der Waals surface area contributed by atoms with Crippen molar-refractivity contribution in [2.45, 2.75) is 6.54 Å². The van der Waals surface area contributed by atoms with Crippen LogP contribution < -0.4 is 10.9 Å². The van der Waals surface area contributed by atoms with Crippen molar-refractivity contribution in [3.05, 3.63) is 69.6 Å². The molecule has 1 aromatic heterocycles. The Morgan fingerprint density at radius 2 is 2.08 bits per heavy atom. The second-order valence-corrected chi connectivity index (χ2v) is 5.46. The number of hydrogen-bond donors (Lipinski definition) is 1. The summed E-state index contributed by atoms with van der Waals surface area (Å²) in [5, 5.41) is 16.9. The van der Waals surface area contributed by atoms with Crippen LogP contribution in [0, 0.1) is 11.3 Å². The minimum atomic E-state index is -0.416. The Bertz CT molecular complexity index is 1040. The van der Waals surface area contributed by atoms with Crippen LogP contribution in [0.4, 0.5) is 5.69 Å². The van der Waals surface area contributed by atoms with E-state index in [2.05, 4.69) is 10.4 Å². The Balaban J connectivity index is 1.80. The number of anilines is 1. The third-order valence-electron chi connectivity index (χ3n) is 3.43. The molecule has 2 aromatic carbocycles. The first-order chi connectivity index (χ1) is 11.6.